The summed E-state index contributed by atoms with van der Waals surface area (Å²) < 4.78 is 84.9. The van der Waals surface area contributed by atoms with Crippen LogP contribution in [0.5, 0.6) is 0 Å². The molecule has 0 aromatic heterocycles. The molecule has 0 heterocycles. The van der Waals surface area contributed by atoms with Gasteiger partial charge in [0.2, 0.25) is 0 Å². The van der Waals surface area contributed by atoms with Crippen molar-refractivity contribution in [2.75, 3.05) is 0 Å². The molecule has 6 nitrogen and oxygen atoms in total. The fourth-order valence-electron chi connectivity index (χ4n) is 11.5. The lowest BCUT2D eigenvalue weighted by Gasteiger charge is -2.58. The quantitative estimate of drug-likeness (QED) is 0.254. The van der Waals surface area contributed by atoms with E-state index in [0.29, 0.717) is 35.5 Å². The van der Waals surface area contributed by atoms with Crippen LogP contribution in [0.15, 0.2) is 47.4 Å². The van der Waals surface area contributed by atoms with E-state index >= 15 is 0 Å². The van der Waals surface area contributed by atoms with Crippen molar-refractivity contribution in [3.05, 3.63) is 65.0 Å². The SMILES string of the molecule is O=S(=O)(OC(c1ccc(F)cc1)S(=O)(=O)[O-])c1cc(C23CC4CC(CC(C4)C2)C3)ccc1C12CC3CC(CC(C3)C1)C2. The van der Waals surface area contributed by atoms with E-state index in [9.17, 15) is 25.8 Å². The van der Waals surface area contributed by atoms with Gasteiger partial charge in [0.15, 0.2) is 5.44 Å². The Morgan fingerprint density at radius 3 is 1.60 bits per heavy atom. The zero-order valence-electron chi connectivity index (χ0n) is 23.7. The molecule has 0 spiro atoms. The summed E-state index contributed by atoms with van der Waals surface area (Å²) in [6, 6.07) is 10.2. The largest absolute Gasteiger partial charge is 0.746 e. The first kappa shape index (κ1) is 27.7. The summed E-state index contributed by atoms with van der Waals surface area (Å²) in [5.74, 6) is 3.10. The summed E-state index contributed by atoms with van der Waals surface area (Å²) in [6.45, 7) is 0. The lowest BCUT2D eigenvalue weighted by atomic mass is 9.47. The van der Waals surface area contributed by atoms with Gasteiger partial charge in [-0.2, -0.15) is 8.42 Å². The predicted molar refractivity (Wildman–Crippen MR) is 153 cm³/mol. The summed E-state index contributed by atoms with van der Waals surface area (Å²) in [4.78, 5) is 0.0356. The molecule has 0 aliphatic heterocycles. The minimum atomic E-state index is -5.25. The molecule has 9 heteroatoms. The average molecular weight is 614 g/mol. The molecule has 2 aromatic carbocycles. The van der Waals surface area contributed by atoms with Crippen molar-refractivity contribution in [3.8, 4) is 0 Å². The van der Waals surface area contributed by atoms with E-state index in [1.54, 1.807) is 6.07 Å². The summed E-state index contributed by atoms with van der Waals surface area (Å²) in [5.41, 5.74) is -1.11. The van der Waals surface area contributed by atoms with Gasteiger partial charge in [-0.05, 0) is 158 Å². The van der Waals surface area contributed by atoms with Gasteiger partial charge in [-0.15, -0.1) is 0 Å². The van der Waals surface area contributed by atoms with Crippen LogP contribution in [-0.4, -0.2) is 21.4 Å². The lowest BCUT2D eigenvalue weighted by Crippen LogP contribution is -2.50. The number of hydrogen-bond donors (Lipinski definition) is 0. The highest BCUT2D eigenvalue weighted by molar-refractivity contribution is 7.89. The molecule has 0 N–H and O–H groups in total. The van der Waals surface area contributed by atoms with Crippen molar-refractivity contribution in [1.82, 2.24) is 0 Å². The van der Waals surface area contributed by atoms with Gasteiger partial charge in [0.25, 0.3) is 10.1 Å². The van der Waals surface area contributed by atoms with Gasteiger partial charge in [0.05, 0.1) is 4.90 Å². The van der Waals surface area contributed by atoms with Crippen molar-refractivity contribution in [2.24, 2.45) is 35.5 Å². The molecular weight excluding hydrogens is 575 g/mol. The van der Waals surface area contributed by atoms with Crippen LogP contribution >= 0.6 is 0 Å². The summed E-state index contributed by atoms with van der Waals surface area (Å²) in [5, 5.41) is 0. The Morgan fingerprint density at radius 1 is 0.690 bits per heavy atom. The van der Waals surface area contributed by atoms with Gasteiger partial charge in [-0.1, -0.05) is 24.3 Å². The monoisotopic (exact) mass is 613 g/mol. The van der Waals surface area contributed by atoms with Crippen molar-refractivity contribution < 1.29 is 30.0 Å². The molecule has 0 radical (unpaired) electrons. The highest BCUT2D eigenvalue weighted by Gasteiger charge is 2.55. The average Bonchev–Trinajstić information content (AvgIpc) is 2.90. The lowest BCUT2D eigenvalue weighted by molar-refractivity contribution is -0.00812. The van der Waals surface area contributed by atoms with E-state index in [-0.39, 0.29) is 21.3 Å². The molecule has 10 rings (SSSR count). The van der Waals surface area contributed by atoms with Gasteiger partial charge in [0, 0.05) is 0 Å². The van der Waals surface area contributed by atoms with E-state index in [1.807, 2.05) is 6.07 Å². The Balaban J connectivity index is 1.25. The molecule has 0 amide bonds. The van der Waals surface area contributed by atoms with Gasteiger partial charge in [-0.3, -0.25) is 0 Å². The highest BCUT2D eigenvalue weighted by atomic mass is 32.2. The summed E-state index contributed by atoms with van der Waals surface area (Å²) >= 11 is 0. The second-order valence-corrected chi connectivity index (χ2v) is 18.0. The smallest absolute Gasteiger partial charge is 0.298 e. The fourth-order valence-corrected chi connectivity index (χ4v) is 13.9. The molecule has 8 aliphatic carbocycles. The van der Waals surface area contributed by atoms with Crippen LogP contribution in [0, 0.1) is 41.3 Å². The first-order valence-corrected chi connectivity index (χ1v) is 18.6. The molecule has 226 valence electrons. The number of benzene rings is 2. The van der Waals surface area contributed by atoms with E-state index in [2.05, 4.69) is 6.07 Å². The molecule has 1 atom stereocenters. The molecule has 8 bridgehead atoms. The van der Waals surface area contributed by atoms with Crippen LogP contribution in [0.1, 0.15) is 99.2 Å². The number of hydrogen-bond acceptors (Lipinski definition) is 6. The van der Waals surface area contributed by atoms with Gasteiger partial charge >= 0.3 is 0 Å². The molecule has 2 aromatic rings. The van der Waals surface area contributed by atoms with Crippen LogP contribution in [-0.2, 0) is 35.2 Å². The third-order valence-electron chi connectivity index (χ3n) is 12.1. The van der Waals surface area contributed by atoms with Crippen LogP contribution in [0.4, 0.5) is 4.39 Å². The maximum absolute atomic E-state index is 14.3. The van der Waals surface area contributed by atoms with E-state index in [0.717, 1.165) is 73.9 Å². The maximum Gasteiger partial charge on any atom is 0.298 e. The van der Waals surface area contributed by atoms with E-state index in [1.165, 1.54) is 38.5 Å². The minimum absolute atomic E-state index is 0.0356. The maximum atomic E-state index is 14.3. The second kappa shape index (κ2) is 9.35. The zero-order valence-corrected chi connectivity index (χ0v) is 25.3. The Hall–Kier alpha value is -1.81. The Kier molecular flexibility index (Phi) is 6.17. The third-order valence-corrected chi connectivity index (χ3v) is 14.5. The first-order chi connectivity index (χ1) is 19.9. The molecule has 8 aliphatic rings. The second-order valence-electron chi connectivity index (χ2n) is 15.0. The van der Waals surface area contributed by atoms with Gasteiger partial charge in [-0.25, -0.2) is 17.0 Å². The minimum Gasteiger partial charge on any atom is -0.746 e. The standard InChI is InChI=1S/C33H39FO6S2/c34-28-4-1-26(2-5-28)31(41(35,36)37)40-42(38,39)30-13-27(32-14-20-7-21(15-32)9-22(8-20)16-32)3-6-29(30)33-17-23-10-24(18-33)12-25(11-23)19-33/h1-6,13,20-25,31H,7-12,14-19H2,(H,35,36,37)/p-1. The van der Waals surface area contributed by atoms with Crippen LogP contribution in [0.2, 0.25) is 0 Å². The molecule has 0 saturated heterocycles. The highest BCUT2D eigenvalue weighted by Crippen LogP contribution is 2.63. The summed E-state index contributed by atoms with van der Waals surface area (Å²) in [7, 11) is -9.94. The van der Waals surface area contributed by atoms with Crippen molar-refractivity contribution in [1.29, 1.82) is 0 Å². The number of halogens is 1. The molecule has 8 saturated carbocycles. The number of rotatable bonds is 7. The van der Waals surface area contributed by atoms with Crippen LogP contribution in [0.25, 0.3) is 0 Å². The van der Waals surface area contributed by atoms with Crippen LogP contribution < -0.4 is 0 Å². The Labute approximate surface area is 248 Å². The fraction of sp³-hybridized carbons (Fsp3) is 0.636. The van der Waals surface area contributed by atoms with Crippen molar-refractivity contribution in [3.63, 3.8) is 0 Å². The molecule has 42 heavy (non-hydrogen) atoms. The van der Waals surface area contributed by atoms with Crippen LogP contribution in [0.3, 0.4) is 0 Å². The normalized spacial score (nSPS) is 39.1. The van der Waals surface area contributed by atoms with Gasteiger partial charge in [0.1, 0.15) is 15.9 Å². The zero-order chi connectivity index (χ0) is 29.1. The predicted octanol–water partition coefficient (Wildman–Crippen LogP) is 6.71. The van der Waals surface area contributed by atoms with Crippen molar-refractivity contribution in [2.45, 2.75) is 98.2 Å². The third kappa shape index (κ3) is 4.51. The summed E-state index contributed by atoms with van der Waals surface area (Å²) in [6.07, 6.45) is 13.4. The Morgan fingerprint density at radius 2 is 1.14 bits per heavy atom. The topological polar surface area (TPSA) is 101 Å². The Bertz CT molecular complexity index is 1560. The van der Waals surface area contributed by atoms with Crippen molar-refractivity contribution >= 4 is 20.2 Å². The van der Waals surface area contributed by atoms with E-state index < -0.39 is 31.5 Å². The van der Waals surface area contributed by atoms with Gasteiger partial charge < -0.3 is 4.55 Å². The molecular formula is C33H38FO6S2-. The first-order valence-electron chi connectivity index (χ1n) is 15.7. The molecule has 1 unspecified atom stereocenters. The molecule has 8 fully saturated rings. The van der Waals surface area contributed by atoms with E-state index in [4.69, 9.17) is 4.18 Å².